The minimum Gasteiger partial charge on any atom is -0.755 e. The highest BCUT2D eigenvalue weighted by atomic mass is 32.2. The maximum atomic E-state index is 11.7. The lowest BCUT2D eigenvalue weighted by atomic mass is 9.78. The highest BCUT2D eigenvalue weighted by Crippen LogP contribution is 2.45. The fraction of sp³-hybridized carbons (Fsp3) is 0.385. The molecule has 22 heavy (non-hydrogen) atoms. The van der Waals surface area contributed by atoms with Crippen molar-refractivity contribution in [1.82, 2.24) is 8.96 Å². The Morgan fingerprint density at radius 1 is 1.41 bits per heavy atom. The number of nitrogens with zero attached hydrogens (tertiary/aromatic N) is 3. The van der Waals surface area contributed by atoms with Crippen molar-refractivity contribution in [3.63, 3.8) is 0 Å². The van der Waals surface area contributed by atoms with Gasteiger partial charge < -0.3 is 9.35 Å². The molecule has 116 valence electrons. The Balaban J connectivity index is 2.38. The number of carbonyl (C=O) groups is 1. The van der Waals surface area contributed by atoms with Crippen LogP contribution in [0.15, 0.2) is 18.5 Å². The van der Waals surface area contributed by atoms with Gasteiger partial charge in [-0.25, -0.2) is 4.98 Å². The van der Waals surface area contributed by atoms with Crippen LogP contribution in [-0.2, 0) is 21.5 Å². The molecule has 0 saturated heterocycles. The highest BCUT2D eigenvalue weighted by molar-refractivity contribution is 7.77. The van der Waals surface area contributed by atoms with Gasteiger partial charge in [0, 0.05) is 11.6 Å². The molecule has 9 heteroatoms. The van der Waals surface area contributed by atoms with E-state index in [2.05, 4.69) is 4.98 Å². The van der Waals surface area contributed by atoms with Crippen LogP contribution in [0.1, 0.15) is 31.2 Å². The Bertz CT molecular complexity index is 794. The quantitative estimate of drug-likeness (QED) is 0.365. The molecule has 1 unspecified atom stereocenters. The first kappa shape index (κ1) is 14.8. The van der Waals surface area contributed by atoms with Gasteiger partial charge in [0.1, 0.15) is 12.5 Å². The third-order valence-electron chi connectivity index (χ3n) is 4.24. The van der Waals surface area contributed by atoms with Crippen molar-refractivity contribution in [2.75, 3.05) is 0 Å². The molecule has 0 radical (unpaired) electrons. The summed E-state index contributed by atoms with van der Waals surface area (Å²) < 4.78 is 23.3. The number of fused-ring (bicyclic) bond motifs is 1. The minimum absolute atomic E-state index is 0.0991. The number of hydrogen-bond donors (Lipinski definition) is 0. The lowest BCUT2D eigenvalue weighted by molar-refractivity contribution is -0.386. The number of nitro groups is 1. The first-order chi connectivity index (χ1) is 10.5. The highest BCUT2D eigenvalue weighted by Gasteiger charge is 2.42. The predicted octanol–water partition coefficient (Wildman–Crippen LogP) is 1.60. The number of carbonyl (C=O) groups excluding carboxylic acids is 1. The molecule has 2 aromatic heterocycles. The van der Waals surface area contributed by atoms with E-state index in [9.17, 15) is 23.7 Å². The van der Waals surface area contributed by atoms with E-state index in [1.54, 1.807) is 0 Å². The van der Waals surface area contributed by atoms with Crippen LogP contribution in [0.25, 0.3) is 11.0 Å². The summed E-state index contributed by atoms with van der Waals surface area (Å²) in [7, 11) is 0. The summed E-state index contributed by atoms with van der Waals surface area (Å²) in [5.41, 5.74) is -0.808. The van der Waals surface area contributed by atoms with Crippen LogP contribution in [-0.4, -0.2) is 28.9 Å². The van der Waals surface area contributed by atoms with Gasteiger partial charge in [-0.05, 0) is 18.9 Å². The number of aldehydes is 1. The summed E-state index contributed by atoms with van der Waals surface area (Å²) >= 11 is -2.57. The molecule has 1 fully saturated rings. The zero-order valence-corrected chi connectivity index (χ0v) is 12.2. The number of rotatable bonds is 4. The van der Waals surface area contributed by atoms with E-state index in [0.29, 0.717) is 18.2 Å². The second-order valence-electron chi connectivity index (χ2n) is 5.35. The summed E-state index contributed by atoms with van der Waals surface area (Å²) in [4.78, 5) is 26.4. The van der Waals surface area contributed by atoms with Crippen molar-refractivity contribution >= 4 is 34.3 Å². The monoisotopic (exact) mass is 322 g/mol. The molecule has 0 bridgehead atoms. The first-order valence-corrected chi connectivity index (χ1v) is 7.74. The summed E-state index contributed by atoms with van der Waals surface area (Å²) in [6, 6.07) is 1.46. The van der Waals surface area contributed by atoms with Crippen LogP contribution in [0.4, 0.5) is 5.69 Å². The third-order valence-corrected chi connectivity index (χ3v) is 4.85. The summed E-state index contributed by atoms with van der Waals surface area (Å²) in [6.45, 7) is 0. The van der Waals surface area contributed by atoms with Crippen LogP contribution in [0.3, 0.4) is 0 Å². The maximum absolute atomic E-state index is 11.7. The molecular formula is C13H12N3O5S-. The Morgan fingerprint density at radius 3 is 2.64 bits per heavy atom. The second kappa shape index (κ2) is 5.25. The average molecular weight is 322 g/mol. The lowest BCUT2D eigenvalue weighted by Crippen LogP contribution is -2.25. The molecule has 8 nitrogen and oxygen atoms in total. The second-order valence-corrected chi connectivity index (χ2v) is 6.18. The molecule has 2 heterocycles. The molecule has 1 aliphatic rings. The van der Waals surface area contributed by atoms with Crippen molar-refractivity contribution < 1.29 is 18.5 Å². The number of aromatic nitrogens is 2. The molecule has 0 spiro atoms. The number of hydrogen-bond acceptors (Lipinski definition) is 6. The van der Waals surface area contributed by atoms with Crippen molar-refractivity contribution in [2.45, 2.75) is 31.1 Å². The summed E-state index contributed by atoms with van der Waals surface area (Å²) in [5, 5.41) is 11.7. The molecule has 3 rings (SSSR count). The number of pyridine rings is 1. The van der Waals surface area contributed by atoms with Crippen LogP contribution < -0.4 is 0 Å². The molecular weight excluding hydrogens is 310 g/mol. The van der Waals surface area contributed by atoms with E-state index in [0.717, 1.165) is 29.3 Å². The predicted molar refractivity (Wildman–Crippen MR) is 76.9 cm³/mol. The molecule has 0 aliphatic heterocycles. The van der Waals surface area contributed by atoms with Gasteiger partial charge in [0.2, 0.25) is 0 Å². The molecule has 0 aromatic carbocycles. The van der Waals surface area contributed by atoms with Crippen LogP contribution in [0.5, 0.6) is 0 Å². The van der Waals surface area contributed by atoms with Crippen molar-refractivity contribution in [1.29, 1.82) is 0 Å². The van der Waals surface area contributed by atoms with Gasteiger partial charge in [-0.15, -0.1) is 0 Å². The first-order valence-electron chi connectivity index (χ1n) is 6.71. The summed E-state index contributed by atoms with van der Waals surface area (Å²) in [6.07, 6.45) is 5.70. The van der Waals surface area contributed by atoms with Crippen molar-refractivity contribution in [3.05, 3.63) is 34.1 Å². The molecule has 1 aliphatic carbocycles. The molecule has 1 atom stereocenters. The molecule has 1 saturated carbocycles. The summed E-state index contributed by atoms with van der Waals surface area (Å²) in [5.74, 6) is 0. The molecule has 0 amide bonds. The van der Waals surface area contributed by atoms with E-state index >= 15 is 0 Å². The van der Waals surface area contributed by atoms with E-state index in [1.807, 2.05) is 0 Å². The third kappa shape index (κ3) is 2.04. The van der Waals surface area contributed by atoms with E-state index in [-0.39, 0.29) is 16.9 Å². The Morgan fingerprint density at radius 2 is 2.09 bits per heavy atom. The standard InChI is InChI=1S/C13H13N3O5S/c17-8-13(4-1-2-5-13)11-9-3-6-15(22(20)21)12(9)14-7-10(11)16(18)19/h3,6-8H,1-2,4-5H2,(H,20,21)/p-1. The van der Waals surface area contributed by atoms with Gasteiger partial charge in [0.15, 0.2) is 5.65 Å². The largest absolute Gasteiger partial charge is 0.755 e. The van der Waals surface area contributed by atoms with E-state index in [4.69, 9.17) is 0 Å². The van der Waals surface area contributed by atoms with Gasteiger partial charge in [-0.1, -0.05) is 12.8 Å². The van der Waals surface area contributed by atoms with E-state index < -0.39 is 21.6 Å². The minimum atomic E-state index is -2.57. The van der Waals surface area contributed by atoms with Crippen molar-refractivity contribution in [2.24, 2.45) is 0 Å². The zero-order chi connectivity index (χ0) is 15.9. The Hall–Kier alpha value is -2.13. The van der Waals surface area contributed by atoms with Gasteiger partial charge in [0.05, 0.1) is 27.2 Å². The lowest BCUT2D eigenvalue weighted by Gasteiger charge is -2.23. The smallest absolute Gasteiger partial charge is 0.292 e. The SMILES string of the molecule is O=CC1(c2c([N+](=O)[O-])cnc3c2ccn3S(=O)[O-])CCCC1. The fourth-order valence-corrected chi connectivity index (χ4v) is 3.71. The fourth-order valence-electron chi connectivity index (χ4n) is 3.27. The topological polar surface area (TPSA) is 118 Å². The maximum Gasteiger partial charge on any atom is 0.292 e. The van der Waals surface area contributed by atoms with Gasteiger partial charge in [0.25, 0.3) is 5.69 Å². The van der Waals surface area contributed by atoms with E-state index in [1.165, 1.54) is 12.3 Å². The Labute approximate surface area is 127 Å². The van der Waals surface area contributed by atoms with Crippen molar-refractivity contribution in [3.8, 4) is 0 Å². The van der Waals surface area contributed by atoms with Gasteiger partial charge in [-0.3, -0.25) is 18.3 Å². The van der Waals surface area contributed by atoms with Crippen LogP contribution in [0.2, 0.25) is 0 Å². The molecule has 2 aromatic rings. The van der Waals surface area contributed by atoms with Gasteiger partial charge >= 0.3 is 0 Å². The van der Waals surface area contributed by atoms with Gasteiger partial charge in [-0.2, -0.15) is 0 Å². The Kier molecular flexibility index (Phi) is 3.53. The zero-order valence-electron chi connectivity index (χ0n) is 11.4. The average Bonchev–Trinajstić information content (AvgIpc) is 3.13. The molecule has 0 N–H and O–H groups in total. The van der Waals surface area contributed by atoms with Crippen LogP contribution in [0, 0.1) is 10.1 Å². The normalized spacial score (nSPS) is 18.4. The van der Waals surface area contributed by atoms with Crippen LogP contribution >= 0.6 is 0 Å².